The van der Waals surface area contributed by atoms with Crippen LogP contribution in [0.2, 0.25) is 0 Å². The highest BCUT2D eigenvalue weighted by Gasteiger charge is 2.24. The van der Waals surface area contributed by atoms with E-state index < -0.39 is 0 Å². The number of fused-ring (bicyclic) bond motifs is 1. The predicted octanol–water partition coefficient (Wildman–Crippen LogP) is 2.31. The van der Waals surface area contributed by atoms with Crippen LogP contribution in [0, 0.1) is 0 Å². The van der Waals surface area contributed by atoms with Gasteiger partial charge in [-0.1, -0.05) is 18.2 Å². The molecule has 1 saturated carbocycles. The molecule has 4 nitrogen and oxygen atoms in total. The van der Waals surface area contributed by atoms with Gasteiger partial charge < -0.3 is 10.1 Å². The first-order valence-electron chi connectivity index (χ1n) is 7.36. The summed E-state index contributed by atoms with van der Waals surface area (Å²) in [6.45, 7) is 2.53. The Morgan fingerprint density at radius 3 is 3.05 bits per heavy atom. The third-order valence-electron chi connectivity index (χ3n) is 4.05. The Hall–Kier alpha value is -1.81. The minimum atomic E-state index is 0.412. The number of hydrogen-bond acceptors (Lipinski definition) is 3. The van der Waals surface area contributed by atoms with Crippen molar-refractivity contribution in [3.8, 4) is 5.75 Å². The van der Waals surface area contributed by atoms with Gasteiger partial charge in [0.1, 0.15) is 5.75 Å². The lowest BCUT2D eigenvalue weighted by atomic mass is 10.0. The molecule has 1 aliphatic carbocycles. The highest BCUT2D eigenvalue weighted by atomic mass is 16.5. The van der Waals surface area contributed by atoms with Crippen LogP contribution in [0.4, 0.5) is 0 Å². The van der Waals surface area contributed by atoms with Gasteiger partial charge >= 0.3 is 0 Å². The fourth-order valence-electron chi connectivity index (χ4n) is 2.74. The number of hydrogen-bond donors (Lipinski definition) is 1. The SMILES string of the molecule is c1ccc2c(c1)OCC2Cn1ccc(CNC2CC2)n1. The zero-order valence-electron chi connectivity index (χ0n) is 11.5. The quantitative estimate of drug-likeness (QED) is 0.905. The van der Waals surface area contributed by atoms with Crippen molar-refractivity contribution >= 4 is 0 Å². The van der Waals surface area contributed by atoms with Crippen molar-refractivity contribution in [2.75, 3.05) is 6.61 Å². The van der Waals surface area contributed by atoms with E-state index in [4.69, 9.17) is 4.74 Å². The van der Waals surface area contributed by atoms with Crippen molar-refractivity contribution in [2.24, 2.45) is 0 Å². The first kappa shape index (κ1) is 12.0. The Morgan fingerprint density at radius 2 is 2.15 bits per heavy atom. The van der Waals surface area contributed by atoms with E-state index in [-0.39, 0.29) is 0 Å². The van der Waals surface area contributed by atoms with Gasteiger partial charge in [-0.25, -0.2) is 0 Å². The molecule has 1 aromatic heterocycles. The van der Waals surface area contributed by atoms with Crippen LogP contribution < -0.4 is 10.1 Å². The molecule has 2 heterocycles. The number of para-hydroxylation sites is 1. The first-order chi connectivity index (χ1) is 9.88. The summed E-state index contributed by atoms with van der Waals surface area (Å²) in [4.78, 5) is 0. The lowest BCUT2D eigenvalue weighted by molar-refractivity contribution is 0.314. The molecule has 1 atom stereocenters. The third-order valence-corrected chi connectivity index (χ3v) is 4.05. The van der Waals surface area contributed by atoms with E-state index in [1.54, 1.807) is 0 Å². The van der Waals surface area contributed by atoms with Crippen molar-refractivity contribution in [1.82, 2.24) is 15.1 Å². The summed E-state index contributed by atoms with van der Waals surface area (Å²) in [6.07, 6.45) is 4.71. The van der Waals surface area contributed by atoms with Gasteiger partial charge in [-0.15, -0.1) is 0 Å². The minimum absolute atomic E-state index is 0.412. The number of aromatic nitrogens is 2. The topological polar surface area (TPSA) is 39.1 Å². The second-order valence-electron chi connectivity index (χ2n) is 5.73. The molecule has 2 aliphatic rings. The Morgan fingerprint density at radius 1 is 1.25 bits per heavy atom. The van der Waals surface area contributed by atoms with Crippen LogP contribution in [0.5, 0.6) is 5.75 Å². The largest absolute Gasteiger partial charge is 0.493 e. The number of nitrogens with one attached hydrogen (secondary N) is 1. The fraction of sp³-hybridized carbons (Fsp3) is 0.438. The molecular weight excluding hydrogens is 250 g/mol. The van der Waals surface area contributed by atoms with E-state index >= 15 is 0 Å². The van der Waals surface area contributed by atoms with E-state index in [1.807, 2.05) is 16.8 Å². The maximum absolute atomic E-state index is 5.72. The van der Waals surface area contributed by atoms with E-state index in [0.717, 1.165) is 37.2 Å². The first-order valence-corrected chi connectivity index (χ1v) is 7.36. The molecule has 20 heavy (non-hydrogen) atoms. The second-order valence-corrected chi connectivity index (χ2v) is 5.73. The molecule has 4 rings (SSSR count). The smallest absolute Gasteiger partial charge is 0.122 e. The lowest BCUT2D eigenvalue weighted by Crippen LogP contribution is -2.16. The molecule has 1 N–H and O–H groups in total. The van der Waals surface area contributed by atoms with Crippen LogP contribution in [0.25, 0.3) is 0 Å². The molecule has 0 saturated heterocycles. The molecule has 2 aromatic rings. The lowest BCUT2D eigenvalue weighted by Gasteiger charge is -2.08. The second kappa shape index (κ2) is 4.94. The van der Waals surface area contributed by atoms with Gasteiger partial charge in [0.25, 0.3) is 0 Å². The summed E-state index contributed by atoms with van der Waals surface area (Å²) in [5, 5.41) is 8.14. The maximum Gasteiger partial charge on any atom is 0.122 e. The number of ether oxygens (including phenoxy) is 1. The maximum atomic E-state index is 5.72. The fourth-order valence-corrected chi connectivity index (χ4v) is 2.74. The van der Waals surface area contributed by atoms with Gasteiger partial charge in [-0.2, -0.15) is 5.10 Å². The average molecular weight is 269 g/mol. The molecule has 1 aromatic carbocycles. The van der Waals surface area contributed by atoms with Gasteiger partial charge in [0, 0.05) is 30.3 Å². The van der Waals surface area contributed by atoms with E-state index in [9.17, 15) is 0 Å². The van der Waals surface area contributed by atoms with Crippen molar-refractivity contribution in [2.45, 2.75) is 37.9 Å². The van der Waals surface area contributed by atoms with Crippen molar-refractivity contribution < 1.29 is 4.74 Å². The van der Waals surface area contributed by atoms with Gasteiger partial charge in [0.15, 0.2) is 0 Å². The molecule has 0 bridgehead atoms. The van der Waals surface area contributed by atoms with Gasteiger partial charge in [-0.3, -0.25) is 4.68 Å². The highest BCUT2D eigenvalue weighted by Crippen LogP contribution is 2.34. The summed E-state index contributed by atoms with van der Waals surface area (Å²) < 4.78 is 7.77. The average Bonchev–Trinajstić information content (AvgIpc) is 3.06. The number of benzene rings is 1. The van der Waals surface area contributed by atoms with E-state index in [0.29, 0.717) is 5.92 Å². The van der Waals surface area contributed by atoms with Crippen molar-refractivity contribution in [3.05, 3.63) is 47.8 Å². The zero-order valence-corrected chi connectivity index (χ0v) is 11.5. The molecule has 0 amide bonds. The highest BCUT2D eigenvalue weighted by molar-refractivity contribution is 5.39. The Balaban J connectivity index is 1.41. The van der Waals surface area contributed by atoms with Crippen LogP contribution in [0.3, 0.4) is 0 Å². The minimum Gasteiger partial charge on any atom is -0.493 e. The van der Waals surface area contributed by atoms with Gasteiger partial charge in [0.05, 0.1) is 18.8 Å². The third kappa shape index (κ3) is 2.43. The molecule has 1 fully saturated rings. The summed E-state index contributed by atoms with van der Waals surface area (Å²) in [5.41, 5.74) is 2.43. The summed E-state index contributed by atoms with van der Waals surface area (Å²) in [5.74, 6) is 1.44. The molecule has 0 spiro atoms. The van der Waals surface area contributed by atoms with E-state index in [1.165, 1.54) is 18.4 Å². The summed E-state index contributed by atoms with van der Waals surface area (Å²) in [6, 6.07) is 11.1. The standard InChI is InChI=1S/C16H19N3O/c1-2-4-16-15(3-1)12(11-20-16)10-19-8-7-14(18-19)9-17-13-5-6-13/h1-4,7-8,12-13,17H,5-6,9-11H2. The Kier molecular flexibility index (Phi) is 2.96. The number of rotatable bonds is 5. The Bertz CT molecular complexity index is 603. The van der Waals surface area contributed by atoms with E-state index in [2.05, 4.69) is 34.8 Å². The van der Waals surface area contributed by atoms with Crippen LogP contribution in [-0.4, -0.2) is 22.4 Å². The van der Waals surface area contributed by atoms with Crippen molar-refractivity contribution in [3.63, 3.8) is 0 Å². The van der Waals surface area contributed by atoms with Gasteiger partial charge in [-0.05, 0) is 25.0 Å². The molecule has 4 heteroatoms. The predicted molar refractivity (Wildman–Crippen MR) is 76.8 cm³/mol. The van der Waals surface area contributed by atoms with Crippen molar-refractivity contribution in [1.29, 1.82) is 0 Å². The van der Waals surface area contributed by atoms with Crippen LogP contribution >= 0.6 is 0 Å². The summed E-state index contributed by atoms with van der Waals surface area (Å²) in [7, 11) is 0. The van der Waals surface area contributed by atoms with Crippen LogP contribution in [-0.2, 0) is 13.1 Å². The normalized spacial score (nSPS) is 20.7. The van der Waals surface area contributed by atoms with Gasteiger partial charge in [0.2, 0.25) is 0 Å². The monoisotopic (exact) mass is 269 g/mol. The zero-order chi connectivity index (χ0) is 13.4. The van der Waals surface area contributed by atoms with Crippen LogP contribution in [0.15, 0.2) is 36.5 Å². The molecular formula is C16H19N3O. The van der Waals surface area contributed by atoms with Crippen LogP contribution in [0.1, 0.15) is 30.0 Å². The molecule has 1 aliphatic heterocycles. The molecule has 104 valence electrons. The Labute approximate surface area is 118 Å². The number of nitrogens with zero attached hydrogens (tertiary/aromatic N) is 2. The summed E-state index contributed by atoms with van der Waals surface area (Å²) >= 11 is 0. The molecule has 1 unspecified atom stereocenters. The molecule has 0 radical (unpaired) electrons.